The smallest absolute Gasteiger partial charge is 0.265 e. The summed E-state index contributed by atoms with van der Waals surface area (Å²) in [7, 11) is 0. The monoisotopic (exact) mass is 264 g/mol. The van der Waals surface area contributed by atoms with E-state index in [4.69, 9.17) is 0 Å². The number of hydrogen-bond acceptors (Lipinski definition) is 4. The number of nitrogens with zero attached hydrogens (tertiary/aromatic N) is 4. The number of likely N-dealkylation sites (tertiary alicyclic amines) is 1. The molecule has 0 unspecified atom stereocenters. The Kier molecular flexibility index (Phi) is 2.81. The van der Waals surface area contributed by atoms with E-state index in [-0.39, 0.29) is 5.91 Å². The second-order valence-corrected chi connectivity index (χ2v) is 5.71. The van der Waals surface area contributed by atoms with Crippen LogP contribution in [-0.4, -0.2) is 38.5 Å². The van der Waals surface area contributed by atoms with E-state index < -0.39 is 0 Å². The van der Waals surface area contributed by atoms with Gasteiger partial charge in [-0.2, -0.15) is 0 Å². The van der Waals surface area contributed by atoms with Crippen LogP contribution in [0.4, 0.5) is 0 Å². The normalized spacial score (nSPS) is 16.4. The Balaban J connectivity index is 1.98. The summed E-state index contributed by atoms with van der Waals surface area (Å²) in [4.78, 5) is 16.1. The van der Waals surface area contributed by atoms with E-state index in [1.165, 1.54) is 17.8 Å². The summed E-state index contributed by atoms with van der Waals surface area (Å²) in [5, 5.41) is 8.12. The lowest BCUT2D eigenvalue weighted by molar-refractivity contribution is 0.0728. The Morgan fingerprint density at radius 1 is 1.17 bits per heavy atom. The maximum Gasteiger partial charge on any atom is 0.265 e. The van der Waals surface area contributed by atoms with Gasteiger partial charge in [0.25, 0.3) is 5.91 Å². The minimum absolute atomic E-state index is 0.155. The molecule has 96 valence electrons. The molecule has 1 aliphatic rings. The van der Waals surface area contributed by atoms with Crippen molar-refractivity contribution in [2.24, 2.45) is 0 Å². The molecular weight excluding hydrogens is 248 g/mol. The van der Waals surface area contributed by atoms with Crippen molar-refractivity contribution in [2.45, 2.75) is 33.1 Å². The van der Waals surface area contributed by atoms with Crippen LogP contribution in [0.3, 0.4) is 0 Å². The van der Waals surface area contributed by atoms with Gasteiger partial charge in [0.05, 0.1) is 0 Å². The lowest BCUT2D eigenvalue weighted by atomic mass is 10.1. The second-order valence-electron chi connectivity index (χ2n) is 4.73. The summed E-state index contributed by atoms with van der Waals surface area (Å²) in [5.41, 5.74) is 0.966. The first-order valence-corrected chi connectivity index (χ1v) is 7.10. The maximum absolute atomic E-state index is 12.5. The molecule has 0 aromatic carbocycles. The summed E-state index contributed by atoms with van der Waals surface area (Å²) < 4.78 is 1.96. The van der Waals surface area contributed by atoms with Crippen molar-refractivity contribution in [1.29, 1.82) is 0 Å². The van der Waals surface area contributed by atoms with Crippen molar-refractivity contribution in [3.8, 4) is 0 Å². The molecule has 2 aromatic heterocycles. The maximum atomic E-state index is 12.5. The lowest BCUT2D eigenvalue weighted by Gasteiger charge is -2.26. The van der Waals surface area contributed by atoms with Gasteiger partial charge in [-0.05, 0) is 33.1 Å². The van der Waals surface area contributed by atoms with E-state index in [0.29, 0.717) is 0 Å². The minimum Gasteiger partial charge on any atom is -0.338 e. The minimum atomic E-state index is 0.155. The number of carbonyl (C=O) groups excluding carboxylic acids is 1. The first-order chi connectivity index (χ1) is 8.68. The van der Waals surface area contributed by atoms with Gasteiger partial charge in [0.2, 0.25) is 4.96 Å². The van der Waals surface area contributed by atoms with E-state index in [1.54, 1.807) is 0 Å². The highest BCUT2D eigenvalue weighted by Gasteiger charge is 2.24. The topological polar surface area (TPSA) is 50.5 Å². The molecule has 2 aromatic rings. The van der Waals surface area contributed by atoms with Crippen molar-refractivity contribution >= 4 is 22.2 Å². The van der Waals surface area contributed by atoms with Crippen molar-refractivity contribution in [3.05, 3.63) is 16.4 Å². The highest BCUT2D eigenvalue weighted by atomic mass is 32.1. The molecule has 6 heteroatoms. The zero-order valence-electron chi connectivity index (χ0n) is 10.6. The molecule has 3 heterocycles. The van der Waals surface area contributed by atoms with Crippen LogP contribution in [0.5, 0.6) is 0 Å². The van der Waals surface area contributed by atoms with Gasteiger partial charge in [-0.3, -0.25) is 9.20 Å². The molecule has 1 saturated heterocycles. The summed E-state index contributed by atoms with van der Waals surface area (Å²) in [6.07, 6.45) is 3.47. The Morgan fingerprint density at radius 2 is 1.89 bits per heavy atom. The molecule has 0 bridgehead atoms. The second kappa shape index (κ2) is 4.35. The van der Waals surface area contributed by atoms with Crippen molar-refractivity contribution in [1.82, 2.24) is 19.5 Å². The molecule has 0 radical (unpaired) electrons. The zero-order valence-corrected chi connectivity index (χ0v) is 11.5. The number of fused-ring (bicyclic) bond motifs is 1. The average Bonchev–Trinajstić information content (AvgIpc) is 2.92. The summed E-state index contributed by atoms with van der Waals surface area (Å²) >= 11 is 1.44. The summed E-state index contributed by atoms with van der Waals surface area (Å²) in [5.74, 6) is 0.999. The van der Waals surface area contributed by atoms with E-state index in [0.717, 1.165) is 47.3 Å². The SMILES string of the molecule is Cc1nnc2sc(C(=O)N3CCCCC3)c(C)n12. The predicted octanol–water partition coefficient (Wildman–Crippen LogP) is 2.03. The lowest BCUT2D eigenvalue weighted by Crippen LogP contribution is -2.35. The molecule has 1 amide bonds. The van der Waals surface area contributed by atoms with E-state index in [2.05, 4.69) is 10.2 Å². The van der Waals surface area contributed by atoms with Crippen LogP contribution in [0.1, 0.15) is 40.5 Å². The molecule has 0 spiro atoms. The van der Waals surface area contributed by atoms with E-state index >= 15 is 0 Å². The average molecular weight is 264 g/mol. The van der Waals surface area contributed by atoms with Crippen LogP contribution in [-0.2, 0) is 0 Å². The molecule has 0 atom stereocenters. The van der Waals surface area contributed by atoms with Gasteiger partial charge in [0, 0.05) is 18.8 Å². The van der Waals surface area contributed by atoms with Crippen LogP contribution in [0.2, 0.25) is 0 Å². The standard InChI is InChI=1S/C12H16N4OS/c1-8-10(11(17)15-6-4-3-5-7-15)18-12-14-13-9(2)16(8)12/h3-7H2,1-2H3. The number of carbonyl (C=O) groups is 1. The quantitative estimate of drug-likeness (QED) is 0.792. The van der Waals surface area contributed by atoms with Crippen LogP contribution < -0.4 is 0 Å². The number of amides is 1. The Morgan fingerprint density at radius 3 is 2.56 bits per heavy atom. The fraction of sp³-hybridized carbons (Fsp3) is 0.583. The van der Waals surface area contributed by atoms with Crippen molar-refractivity contribution in [2.75, 3.05) is 13.1 Å². The summed E-state index contributed by atoms with van der Waals surface area (Å²) in [6.45, 7) is 5.65. The Bertz CT molecular complexity index is 595. The van der Waals surface area contributed by atoms with Crippen LogP contribution in [0.25, 0.3) is 4.96 Å². The van der Waals surface area contributed by atoms with Crippen molar-refractivity contribution < 1.29 is 4.79 Å². The largest absolute Gasteiger partial charge is 0.338 e. The molecule has 3 rings (SSSR count). The van der Waals surface area contributed by atoms with Gasteiger partial charge in [0.1, 0.15) is 10.7 Å². The van der Waals surface area contributed by atoms with Gasteiger partial charge in [-0.25, -0.2) is 0 Å². The molecule has 0 saturated carbocycles. The Labute approximate surface area is 109 Å². The van der Waals surface area contributed by atoms with Gasteiger partial charge in [-0.1, -0.05) is 11.3 Å². The summed E-state index contributed by atoms with van der Waals surface area (Å²) in [6, 6.07) is 0. The number of thiazole rings is 1. The molecule has 1 aliphatic heterocycles. The highest BCUT2D eigenvalue weighted by molar-refractivity contribution is 7.19. The molecule has 0 N–H and O–H groups in total. The van der Waals surface area contributed by atoms with Gasteiger partial charge in [-0.15, -0.1) is 10.2 Å². The fourth-order valence-electron chi connectivity index (χ4n) is 2.50. The molecule has 1 fully saturated rings. The number of aryl methyl sites for hydroxylation is 2. The molecule has 5 nitrogen and oxygen atoms in total. The zero-order chi connectivity index (χ0) is 12.7. The first-order valence-electron chi connectivity index (χ1n) is 6.29. The number of piperidine rings is 1. The van der Waals surface area contributed by atoms with Gasteiger partial charge < -0.3 is 4.90 Å². The number of hydrogen-bond donors (Lipinski definition) is 0. The third-order valence-electron chi connectivity index (χ3n) is 3.49. The highest BCUT2D eigenvalue weighted by Crippen LogP contribution is 2.25. The third-order valence-corrected chi connectivity index (χ3v) is 4.61. The number of rotatable bonds is 1. The Hall–Kier alpha value is -1.43. The van der Waals surface area contributed by atoms with Crippen LogP contribution >= 0.6 is 11.3 Å². The van der Waals surface area contributed by atoms with E-state index in [1.807, 2.05) is 23.1 Å². The van der Waals surface area contributed by atoms with Crippen molar-refractivity contribution in [3.63, 3.8) is 0 Å². The fourth-order valence-corrected chi connectivity index (χ4v) is 3.58. The van der Waals surface area contributed by atoms with E-state index in [9.17, 15) is 4.79 Å². The number of aromatic nitrogens is 3. The first kappa shape index (κ1) is 11.6. The van der Waals surface area contributed by atoms with Crippen LogP contribution in [0.15, 0.2) is 0 Å². The molecular formula is C12H16N4OS. The van der Waals surface area contributed by atoms with Gasteiger partial charge in [0.15, 0.2) is 0 Å². The molecule has 18 heavy (non-hydrogen) atoms. The van der Waals surface area contributed by atoms with Gasteiger partial charge >= 0.3 is 0 Å². The third kappa shape index (κ3) is 1.71. The van der Waals surface area contributed by atoms with Crippen LogP contribution in [0, 0.1) is 13.8 Å². The predicted molar refractivity (Wildman–Crippen MR) is 70.1 cm³/mol. The molecule has 0 aliphatic carbocycles.